The van der Waals surface area contributed by atoms with E-state index in [4.69, 9.17) is 23.2 Å². The summed E-state index contributed by atoms with van der Waals surface area (Å²) in [6.07, 6.45) is 0. The molecule has 0 aromatic heterocycles. The largest absolute Gasteiger partial charge is 0.277 e. The summed E-state index contributed by atoms with van der Waals surface area (Å²) >= 11 is 18.6. The van der Waals surface area contributed by atoms with Crippen LogP contribution >= 0.6 is 55.1 Å². The normalized spacial score (nSPS) is 11.5. The zero-order valence-electron chi connectivity index (χ0n) is 10.6. The predicted molar refractivity (Wildman–Crippen MR) is 93.8 cm³/mol. The Labute approximate surface area is 150 Å². The Morgan fingerprint density at radius 3 is 2.14 bits per heavy atom. The molecule has 0 bridgehead atoms. The van der Waals surface area contributed by atoms with Crippen molar-refractivity contribution in [2.45, 2.75) is 11.8 Å². The van der Waals surface area contributed by atoms with E-state index >= 15 is 0 Å². The average Bonchev–Trinajstić information content (AvgIpc) is 2.33. The highest BCUT2D eigenvalue weighted by Crippen LogP contribution is 2.36. The molecule has 21 heavy (non-hydrogen) atoms. The third kappa shape index (κ3) is 3.93. The van der Waals surface area contributed by atoms with Crippen molar-refractivity contribution >= 4 is 70.8 Å². The van der Waals surface area contributed by atoms with Crippen molar-refractivity contribution in [2.75, 3.05) is 4.72 Å². The zero-order valence-corrected chi connectivity index (χ0v) is 16.1. The molecule has 0 saturated carbocycles. The third-order valence-corrected chi connectivity index (χ3v) is 6.00. The van der Waals surface area contributed by atoms with Gasteiger partial charge in [-0.1, -0.05) is 45.2 Å². The van der Waals surface area contributed by atoms with Gasteiger partial charge >= 0.3 is 0 Å². The minimum atomic E-state index is -3.80. The van der Waals surface area contributed by atoms with Gasteiger partial charge in [-0.05, 0) is 52.7 Å². The van der Waals surface area contributed by atoms with Gasteiger partial charge in [0.2, 0.25) is 0 Å². The maximum atomic E-state index is 12.5. The highest BCUT2D eigenvalue weighted by atomic mass is 79.9. The number of aryl methyl sites for hydroxylation is 1. The molecule has 1 N–H and O–H groups in total. The second-order valence-electron chi connectivity index (χ2n) is 4.28. The summed E-state index contributed by atoms with van der Waals surface area (Å²) in [7, 11) is -3.80. The predicted octanol–water partition coefficient (Wildman–Crippen LogP) is 5.63. The van der Waals surface area contributed by atoms with Gasteiger partial charge in [0.1, 0.15) is 4.90 Å². The fraction of sp³-hybridized carbons (Fsp3) is 0.0769. The highest BCUT2D eigenvalue weighted by molar-refractivity contribution is 9.10. The standard InChI is InChI=1S/C13H9Br2Cl2NO2S/c1-7-2-3-12(9(15)4-7)21(19,20)18-13-10(16)5-8(14)6-11(13)17/h2-6,18H,1H3. The van der Waals surface area contributed by atoms with Crippen LogP contribution in [-0.4, -0.2) is 8.42 Å². The Morgan fingerprint density at radius 1 is 1.05 bits per heavy atom. The molecule has 0 radical (unpaired) electrons. The van der Waals surface area contributed by atoms with Crippen LogP contribution in [0.5, 0.6) is 0 Å². The number of nitrogens with one attached hydrogen (secondary N) is 1. The van der Waals surface area contributed by atoms with E-state index < -0.39 is 10.0 Å². The van der Waals surface area contributed by atoms with Crippen molar-refractivity contribution in [3.8, 4) is 0 Å². The molecule has 0 unspecified atom stereocenters. The molecule has 0 heterocycles. The molecular weight excluding hydrogens is 465 g/mol. The van der Waals surface area contributed by atoms with Gasteiger partial charge in [0.15, 0.2) is 0 Å². The van der Waals surface area contributed by atoms with Crippen LogP contribution in [0.4, 0.5) is 5.69 Å². The van der Waals surface area contributed by atoms with Crippen LogP contribution in [0.15, 0.2) is 44.2 Å². The van der Waals surface area contributed by atoms with Crippen molar-refractivity contribution < 1.29 is 8.42 Å². The molecule has 0 amide bonds. The van der Waals surface area contributed by atoms with Crippen LogP contribution in [0, 0.1) is 6.92 Å². The van der Waals surface area contributed by atoms with Gasteiger partial charge in [0.25, 0.3) is 10.0 Å². The molecule has 0 aliphatic rings. The van der Waals surface area contributed by atoms with Crippen molar-refractivity contribution in [1.29, 1.82) is 0 Å². The molecule has 2 aromatic rings. The monoisotopic (exact) mass is 471 g/mol. The first-order valence-corrected chi connectivity index (χ1v) is 9.47. The Bertz CT molecular complexity index is 787. The number of sulfonamides is 1. The Balaban J connectivity index is 2.47. The molecule has 0 atom stereocenters. The minimum Gasteiger partial charge on any atom is -0.277 e. The first-order valence-electron chi connectivity index (χ1n) is 5.64. The van der Waals surface area contributed by atoms with Crippen molar-refractivity contribution in [2.24, 2.45) is 0 Å². The molecule has 0 aliphatic heterocycles. The lowest BCUT2D eigenvalue weighted by atomic mass is 10.2. The number of rotatable bonds is 3. The molecule has 0 fully saturated rings. The van der Waals surface area contributed by atoms with E-state index in [9.17, 15) is 8.42 Å². The Kier molecular flexibility index (Phi) is 5.26. The topological polar surface area (TPSA) is 46.2 Å². The first kappa shape index (κ1) is 17.1. The third-order valence-electron chi connectivity index (χ3n) is 2.62. The second-order valence-corrected chi connectivity index (χ2v) is 8.52. The summed E-state index contributed by atoms with van der Waals surface area (Å²) in [5.74, 6) is 0. The highest BCUT2D eigenvalue weighted by Gasteiger charge is 2.20. The lowest BCUT2D eigenvalue weighted by molar-refractivity contribution is 0.600. The van der Waals surface area contributed by atoms with Gasteiger partial charge in [0, 0.05) is 8.95 Å². The van der Waals surface area contributed by atoms with Gasteiger partial charge in [-0.25, -0.2) is 8.42 Å². The molecular formula is C13H9Br2Cl2NO2S. The first-order chi connectivity index (χ1) is 9.70. The maximum Gasteiger partial charge on any atom is 0.263 e. The Morgan fingerprint density at radius 2 is 1.62 bits per heavy atom. The summed E-state index contributed by atoms with van der Waals surface area (Å²) < 4.78 is 28.5. The van der Waals surface area contributed by atoms with Gasteiger partial charge in [0.05, 0.1) is 15.7 Å². The summed E-state index contributed by atoms with van der Waals surface area (Å²) in [6, 6.07) is 8.08. The van der Waals surface area contributed by atoms with Crippen LogP contribution < -0.4 is 4.72 Å². The van der Waals surface area contributed by atoms with Crippen molar-refractivity contribution in [1.82, 2.24) is 0 Å². The lowest BCUT2D eigenvalue weighted by Crippen LogP contribution is -2.14. The second kappa shape index (κ2) is 6.46. The molecule has 2 rings (SSSR count). The molecule has 0 aliphatic carbocycles. The molecule has 0 spiro atoms. The van der Waals surface area contributed by atoms with E-state index in [0.717, 1.165) is 5.56 Å². The van der Waals surface area contributed by atoms with E-state index in [1.807, 2.05) is 6.92 Å². The number of hydrogen-bond acceptors (Lipinski definition) is 2. The van der Waals surface area contributed by atoms with Crippen LogP contribution in [0.2, 0.25) is 10.0 Å². The molecule has 112 valence electrons. The summed E-state index contributed by atoms with van der Waals surface area (Å²) in [5, 5.41) is 0.419. The number of anilines is 1. The van der Waals surface area contributed by atoms with Crippen LogP contribution in [0.25, 0.3) is 0 Å². The average molecular weight is 474 g/mol. The Hall–Kier alpha value is -0.270. The quantitative estimate of drug-likeness (QED) is 0.628. The zero-order chi connectivity index (χ0) is 15.8. The lowest BCUT2D eigenvalue weighted by Gasteiger charge is -2.13. The summed E-state index contributed by atoms with van der Waals surface area (Å²) in [5.41, 5.74) is 1.09. The fourth-order valence-corrected chi connectivity index (χ4v) is 5.36. The maximum absolute atomic E-state index is 12.5. The number of hydrogen-bond donors (Lipinski definition) is 1. The van der Waals surface area contributed by atoms with E-state index in [-0.39, 0.29) is 20.6 Å². The van der Waals surface area contributed by atoms with Crippen LogP contribution in [-0.2, 0) is 10.0 Å². The molecule has 8 heteroatoms. The SMILES string of the molecule is Cc1ccc(S(=O)(=O)Nc2c(Cl)cc(Br)cc2Cl)c(Br)c1. The van der Waals surface area contributed by atoms with Crippen LogP contribution in [0.3, 0.4) is 0 Å². The summed E-state index contributed by atoms with van der Waals surface area (Å²) in [4.78, 5) is 0.114. The van der Waals surface area contributed by atoms with Crippen molar-refractivity contribution in [3.05, 3.63) is 54.9 Å². The molecule has 2 aromatic carbocycles. The van der Waals surface area contributed by atoms with Gasteiger partial charge in [-0.2, -0.15) is 0 Å². The van der Waals surface area contributed by atoms with Gasteiger partial charge in [-0.3, -0.25) is 4.72 Å². The van der Waals surface area contributed by atoms with E-state index in [1.54, 1.807) is 24.3 Å². The minimum absolute atomic E-state index is 0.114. The van der Waals surface area contributed by atoms with E-state index in [1.165, 1.54) is 6.07 Å². The number of benzene rings is 2. The molecule has 0 saturated heterocycles. The van der Waals surface area contributed by atoms with Crippen LogP contribution in [0.1, 0.15) is 5.56 Å². The van der Waals surface area contributed by atoms with Gasteiger partial charge in [-0.15, -0.1) is 0 Å². The van der Waals surface area contributed by atoms with Gasteiger partial charge < -0.3 is 0 Å². The number of halogens is 4. The van der Waals surface area contributed by atoms with Crippen molar-refractivity contribution in [3.63, 3.8) is 0 Å². The van der Waals surface area contributed by atoms with E-state index in [2.05, 4.69) is 36.6 Å². The summed E-state index contributed by atoms with van der Waals surface area (Å²) in [6.45, 7) is 1.87. The van der Waals surface area contributed by atoms with E-state index in [0.29, 0.717) is 8.95 Å². The fourth-order valence-electron chi connectivity index (χ4n) is 1.65. The smallest absolute Gasteiger partial charge is 0.263 e. The molecule has 3 nitrogen and oxygen atoms in total.